The molecule has 38 heavy (non-hydrogen) atoms. The van der Waals surface area contributed by atoms with E-state index in [0.29, 0.717) is 34.7 Å². The minimum absolute atomic E-state index is 0.194. The van der Waals surface area contributed by atoms with Gasteiger partial charge in [-0.3, -0.25) is 9.98 Å². The Balaban J connectivity index is 0.00000161. The Morgan fingerprint density at radius 3 is 1.55 bits per heavy atom. The average Bonchev–Trinajstić information content (AvgIpc) is 2.80. The summed E-state index contributed by atoms with van der Waals surface area (Å²) >= 11 is 0.194. The van der Waals surface area contributed by atoms with Crippen molar-refractivity contribution in [3.05, 3.63) is 5.32 Å². The van der Waals surface area contributed by atoms with Crippen LogP contribution in [0.1, 0.15) is 128 Å². The second kappa shape index (κ2) is 15.0. The van der Waals surface area contributed by atoms with Crippen molar-refractivity contribution < 1.29 is 13.1 Å². The van der Waals surface area contributed by atoms with Gasteiger partial charge in [-0.1, -0.05) is 93.7 Å². The van der Waals surface area contributed by atoms with Crippen LogP contribution >= 0.6 is 20.2 Å². The molecule has 2 saturated carbocycles. The maximum atomic E-state index is 5.41. The fraction of sp³-hybridized carbons (Fsp3) is 0.938. The summed E-state index contributed by atoms with van der Waals surface area (Å²) in [6.45, 7) is 26.3. The third-order valence-corrected chi connectivity index (χ3v) is 9.86. The molecule has 6 heteroatoms. The summed E-state index contributed by atoms with van der Waals surface area (Å²) < 4.78 is 0. The summed E-state index contributed by atoms with van der Waals surface area (Å²) in [5.41, 5.74) is 3.26. The SMILES string of the molecule is CC(=NC1CC(C(C)(C)C)CC(C(C)(C)C)C1)C1CCCC(C(C)=NC2C(C)CC(C)CC2C)[N-]1.[Cl][Fe+][Cl]. The summed E-state index contributed by atoms with van der Waals surface area (Å²) in [5, 5.41) is 5.35. The summed E-state index contributed by atoms with van der Waals surface area (Å²) in [7, 11) is 9.53. The van der Waals surface area contributed by atoms with Gasteiger partial charge in [0, 0.05) is 0 Å². The van der Waals surface area contributed by atoms with E-state index in [1.807, 2.05) is 0 Å². The van der Waals surface area contributed by atoms with E-state index in [1.165, 1.54) is 49.9 Å². The Kier molecular flexibility index (Phi) is 13.7. The fourth-order valence-electron chi connectivity index (χ4n) is 7.47. The van der Waals surface area contributed by atoms with E-state index in [2.05, 4.69) is 76.2 Å². The molecule has 1 heterocycles. The molecule has 0 aromatic carbocycles. The normalized spacial score (nSPS) is 37.9. The van der Waals surface area contributed by atoms with Crippen molar-refractivity contribution in [1.29, 1.82) is 0 Å². The molecule has 3 aliphatic rings. The molecular weight excluding hydrogens is 553 g/mol. The second-order valence-electron chi connectivity index (χ2n) is 15.2. The van der Waals surface area contributed by atoms with Crippen LogP contribution in [0.2, 0.25) is 0 Å². The molecule has 223 valence electrons. The first-order valence-corrected chi connectivity index (χ1v) is 18.2. The van der Waals surface area contributed by atoms with Crippen LogP contribution in [0.4, 0.5) is 0 Å². The predicted octanol–water partition coefficient (Wildman–Crippen LogP) is 10.5. The third kappa shape index (κ3) is 10.3. The molecule has 0 spiro atoms. The standard InChI is InChI=1S/C32H58N3.2ClH.Fe/c1-20-15-21(2)30(22(3)16-20)34-24(5)29-14-12-13-28(35-29)23(4)33-27-18-25(31(6,7)8)17-26(19-27)32(9,10)11;;;/h20-22,25-30H,12-19H2,1-11H3;2*1H;/q-1;;;+3/p-2. The van der Waals surface area contributed by atoms with E-state index in [0.717, 1.165) is 30.6 Å². The van der Waals surface area contributed by atoms with Crippen molar-refractivity contribution >= 4 is 31.6 Å². The van der Waals surface area contributed by atoms with E-state index < -0.39 is 0 Å². The first-order valence-electron chi connectivity index (χ1n) is 15.2. The molecule has 1 saturated heterocycles. The quantitative estimate of drug-likeness (QED) is 0.224. The number of hydrogen-bond donors (Lipinski definition) is 0. The van der Waals surface area contributed by atoms with Crippen LogP contribution in [-0.2, 0) is 13.1 Å². The van der Waals surface area contributed by atoms with Crippen LogP contribution in [0.5, 0.6) is 0 Å². The van der Waals surface area contributed by atoms with Crippen molar-refractivity contribution in [3.63, 3.8) is 0 Å². The molecule has 3 fully saturated rings. The zero-order valence-electron chi connectivity index (χ0n) is 26.3. The molecule has 3 rings (SSSR count). The third-order valence-electron chi connectivity index (χ3n) is 9.86. The van der Waals surface area contributed by atoms with Gasteiger partial charge < -0.3 is 5.32 Å². The van der Waals surface area contributed by atoms with Gasteiger partial charge in [-0.2, -0.15) is 0 Å². The van der Waals surface area contributed by atoms with E-state index in [1.54, 1.807) is 0 Å². The Bertz CT molecular complexity index is 751. The second-order valence-corrected chi connectivity index (χ2v) is 17.0. The molecule has 0 aromatic rings. The van der Waals surface area contributed by atoms with Crippen LogP contribution in [0, 0.1) is 40.4 Å². The molecular formula is C32H58Cl2FeN3. The fourth-order valence-corrected chi connectivity index (χ4v) is 7.47. The van der Waals surface area contributed by atoms with Gasteiger partial charge in [-0.25, -0.2) is 0 Å². The zero-order valence-corrected chi connectivity index (χ0v) is 28.9. The van der Waals surface area contributed by atoms with Crippen molar-refractivity contribution in [2.45, 2.75) is 152 Å². The van der Waals surface area contributed by atoms with Gasteiger partial charge >= 0.3 is 33.3 Å². The number of piperidine rings is 1. The Morgan fingerprint density at radius 2 is 1.13 bits per heavy atom. The maximum absolute atomic E-state index is 5.41. The Morgan fingerprint density at radius 1 is 0.711 bits per heavy atom. The van der Waals surface area contributed by atoms with Gasteiger partial charge in [0.15, 0.2) is 0 Å². The monoisotopic (exact) mass is 610 g/mol. The van der Waals surface area contributed by atoms with Crippen LogP contribution in [0.25, 0.3) is 5.32 Å². The number of hydrogen-bond acceptors (Lipinski definition) is 2. The van der Waals surface area contributed by atoms with E-state index >= 15 is 0 Å². The molecule has 3 nitrogen and oxygen atoms in total. The topological polar surface area (TPSA) is 38.8 Å². The van der Waals surface area contributed by atoms with Crippen molar-refractivity contribution in [3.8, 4) is 0 Å². The molecule has 0 radical (unpaired) electrons. The summed E-state index contributed by atoms with van der Waals surface area (Å²) in [6, 6.07) is 1.49. The molecule has 6 unspecified atom stereocenters. The van der Waals surface area contributed by atoms with Gasteiger partial charge in [0.05, 0.1) is 12.1 Å². The number of nitrogens with zero attached hydrogens (tertiary/aromatic N) is 3. The average molecular weight is 612 g/mol. The van der Waals surface area contributed by atoms with Crippen LogP contribution in [-0.4, -0.2) is 35.6 Å². The molecule has 0 bridgehead atoms. The minimum atomic E-state index is 0.194. The van der Waals surface area contributed by atoms with Gasteiger partial charge in [-0.15, -0.1) is 0 Å². The van der Waals surface area contributed by atoms with Gasteiger partial charge in [0.2, 0.25) is 0 Å². The Hall–Kier alpha value is 0.399. The molecule has 2 aliphatic carbocycles. The number of halogens is 2. The van der Waals surface area contributed by atoms with E-state index in [-0.39, 0.29) is 25.2 Å². The van der Waals surface area contributed by atoms with Crippen LogP contribution in [0.15, 0.2) is 9.98 Å². The number of aliphatic imine (C=N–C) groups is 2. The molecule has 0 N–H and O–H groups in total. The molecule has 6 atom stereocenters. The number of rotatable bonds is 4. The Labute approximate surface area is 251 Å². The van der Waals surface area contributed by atoms with Gasteiger partial charge in [0.1, 0.15) is 0 Å². The van der Waals surface area contributed by atoms with Crippen LogP contribution in [0.3, 0.4) is 0 Å². The van der Waals surface area contributed by atoms with Crippen LogP contribution < -0.4 is 0 Å². The molecule has 0 aromatic heterocycles. The molecule has 1 aliphatic heterocycles. The summed E-state index contributed by atoms with van der Waals surface area (Å²) in [4.78, 5) is 10.7. The summed E-state index contributed by atoms with van der Waals surface area (Å²) in [5.74, 6) is 3.70. The first kappa shape index (κ1) is 34.6. The van der Waals surface area contributed by atoms with Gasteiger partial charge in [-0.05, 0) is 97.8 Å². The first-order chi connectivity index (χ1) is 17.6. The van der Waals surface area contributed by atoms with E-state index in [9.17, 15) is 0 Å². The van der Waals surface area contributed by atoms with Crippen molar-refractivity contribution in [2.75, 3.05) is 0 Å². The predicted molar refractivity (Wildman–Crippen MR) is 167 cm³/mol. The van der Waals surface area contributed by atoms with Crippen molar-refractivity contribution in [1.82, 2.24) is 0 Å². The van der Waals surface area contributed by atoms with Gasteiger partial charge in [0.25, 0.3) is 0 Å². The van der Waals surface area contributed by atoms with E-state index in [4.69, 9.17) is 35.5 Å². The molecule has 0 amide bonds. The van der Waals surface area contributed by atoms with Crippen molar-refractivity contribution in [2.24, 2.45) is 50.4 Å². The summed E-state index contributed by atoms with van der Waals surface area (Å²) in [6.07, 6.45) is 10.0. The zero-order chi connectivity index (χ0) is 28.8.